The Bertz CT molecular complexity index is 1330. The fourth-order valence-corrected chi connectivity index (χ4v) is 4.66. The Labute approximate surface area is 220 Å². The lowest BCUT2D eigenvalue weighted by Gasteiger charge is -2.28. The van der Waals surface area contributed by atoms with Crippen molar-refractivity contribution in [1.82, 2.24) is 15.3 Å². The van der Waals surface area contributed by atoms with Gasteiger partial charge in [-0.05, 0) is 54.7 Å². The van der Waals surface area contributed by atoms with E-state index in [-0.39, 0.29) is 22.3 Å². The minimum atomic E-state index is -0.296. The van der Waals surface area contributed by atoms with Gasteiger partial charge in [-0.25, -0.2) is 4.98 Å². The van der Waals surface area contributed by atoms with Gasteiger partial charge >= 0.3 is 0 Å². The lowest BCUT2D eigenvalue weighted by atomic mass is 9.80. The van der Waals surface area contributed by atoms with Crippen LogP contribution < -0.4 is 20.9 Å². The molecular weight excluding hydrogens is 499 g/mol. The molecule has 3 aromatic rings. The van der Waals surface area contributed by atoms with Crippen LogP contribution in [0.2, 0.25) is 10.0 Å². The maximum absolute atomic E-state index is 12.6. The largest absolute Gasteiger partial charge is 0.355 e. The summed E-state index contributed by atoms with van der Waals surface area (Å²) in [5, 5.41) is 9.53. The van der Waals surface area contributed by atoms with Crippen LogP contribution in [0.25, 0.3) is 0 Å². The molecule has 0 aliphatic carbocycles. The van der Waals surface area contributed by atoms with Crippen molar-refractivity contribution in [2.45, 2.75) is 39.0 Å². The van der Waals surface area contributed by atoms with Crippen molar-refractivity contribution >= 4 is 63.8 Å². The third kappa shape index (κ3) is 5.10. The molecular formula is C26H28Cl2N6O2. The number of carbonyl (C=O) groups is 2. The van der Waals surface area contributed by atoms with Crippen LogP contribution in [0, 0.1) is 0 Å². The number of hydrogen-bond acceptors (Lipinski definition) is 6. The average molecular weight is 527 g/mol. The highest BCUT2D eigenvalue weighted by molar-refractivity contribution is 6.35. The third-order valence-electron chi connectivity index (χ3n) is 6.33. The minimum absolute atomic E-state index is 0.137. The van der Waals surface area contributed by atoms with Gasteiger partial charge in [0.05, 0.1) is 22.5 Å². The first-order valence-electron chi connectivity index (χ1n) is 11.7. The molecule has 0 unspecified atom stereocenters. The minimum Gasteiger partial charge on any atom is -0.355 e. The van der Waals surface area contributed by atoms with E-state index in [0.29, 0.717) is 41.0 Å². The zero-order valence-corrected chi connectivity index (χ0v) is 22.1. The number of nitrogens with one attached hydrogen (secondary N) is 3. The van der Waals surface area contributed by atoms with Gasteiger partial charge in [0.15, 0.2) is 5.82 Å². The van der Waals surface area contributed by atoms with Crippen molar-refractivity contribution in [3.05, 3.63) is 63.8 Å². The molecule has 0 atom stereocenters. The van der Waals surface area contributed by atoms with Crippen molar-refractivity contribution in [3.63, 3.8) is 0 Å². The molecule has 3 N–H and O–H groups in total. The fraction of sp³-hybridized carbons (Fsp3) is 0.308. The lowest BCUT2D eigenvalue weighted by molar-refractivity contribution is -0.118. The van der Waals surface area contributed by atoms with Crippen LogP contribution in [0.4, 0.5) is 28.8 Å². The third-order valence-corrected chi connectivity index (χ3v) is 6.92. The van der Waals surface area contributed by atoms with E-state index in [1.165, 1.54) is 6.20 Å². The standard InChI is InChI=1S/C26H28Cl2N6O2/c1-5-34-20-10-9-15(13-17(20)26(2,3)12-11-21(34)35)31-25-30-14-19(28)23(33-25)32-22-16(24(36)29-4)7-6-8-18(22)27/h6-10,13-14H,5,11-12H2,1-4H3,(H,29,36)(H2,30,31,32,33). The Morgan fingerprint density at radius 3 is 2.64 bits per heavy atom. The zero-order valence-electron chi connectivity index (χ0n) is 20.6. The fourth-order valence-electron chi connectivity index (χ4n) is 4.30. The number of hydrogen-bond donors (Lipinski definition) is 3. The number of nitrogens with zero attached hydrogens (tertiary/aromatic N) is 3. The summed E-state index contributed by atoms with van der Waals surface area (Å²) in [6.45, 7) is 6.90. The van der Waals surface area contributed by atoms with Crippen molar-refractivity contribution in [1.29, 1.82) is 0 Å². The number of amides is 2. The smallest absolute Gasteiger partial charge is 0.253 e. The van der Waals surface area contributed by atoms with Gasteiger partial charge in [-0.15, -0.1) is 0 Å². The van der Waals surface area contributed by atoms with Gasteiger partial charge in [-0.2, -0.15) is 4.98 Å². The molecule has 0 fully saturated rings. The molecule has 4 rings (SSSR count). The molecule has 2 amide bonds. The Balaban J connectivity index is 1.67. The van der Waals surface area contributed by atoms with E-state index in [1.54, 1.807) is 25.2 Å². The second kappa shape index (κ2) is 10.3. The molecule has 0 saturated carbocycles. The number of aromatic nitrogens is 2. The van der Waals surface area contributed by atoms with Crippen molar-refractivity contribution in [2.24, 2.45) is 0 Å². The summed E-state index contributed by atoms with van der Waals surface area (Å²) in [6.07, 6.45) is 2.74. The van der Waals surface area contributed by atoms with Gasteiger partial charge < -0.3 is 20.9 Å². The number of fused-ring (bicyclic) bond motifs is 1. The average Bonchev–Trinajstić information content (AvgIpc) is 2.95. The number of benzene rings is 2. The molecule has 1 aromatic heterocycles. The van der Waals surface area contributed by atoms with E-state index in [2.05, 4.69) is 39.8 Å². The first-order valence-corrected chi connectivity index (χ1v) is 12.4. The summed E-state index contributed by atoms with van der Waals surface area (Å²) in [5.41, 5.74) is 3.36. The quantitative estimate of drug-likeness (QED) is 0.361. The van der Waals surface area contributed by atoms with E-state index < -0.39 is 0 Å². The SMILES string of the molecule is CCN1C(=O)CCC(C)(C)c2cc(Nc3ncc(Cl)c(Nc4c(Cl)cccc4C(=O)NC)n3)ccc21. The van der Waals surface area contributed by atoms with Crippen molar-refractivity contribution in [3.8, 4) is 0 Å². The zero-order chi connectivity index (χ0) is 26.0. The summed E-state index contributed by atoms with van der Waals surface area (Å²) in [7, 11) is 1.55. The second-order valence-electron chi connectivity index (χ2n) is 9.14. The van der Waals surface area contributed by atoms with Crippen LogP contribution in [0.3, 0.4) is 0 Å². The summed E-state index contributed by atoms with van der Waals surface area (Å²) >= 11 is 12.7. The van der Waals surface area contributed by atoms with Gasteiger partial charge in [0.1, 0.15) is 5.02 Å². The summed E-state index contributed by atoms with van der Waals surface area (Å²) < 4.78 is 0. The van der Waals surface area contributed by atoms with Gasteiger partial charge in [-0.3, -0.25) is 9.59 Å². The number of halogens is 2. The highest BCUT2D eigenvalue weighted by Gasteiger charge is 2.32. The maximum Gasteiger partial charge on any atom is 0.253 e. The lowest BCUT2D eigenvalue weighted by Crippen LogP contribution is -2.29. The van der Waals surface area contributed by atoms with Crippen molar-refractivity contribution in [2.75, 3.05) is 29.1 Å². The maximum atomic E-state index is 12.6. The van der Waals surface area contributed by atoms with Crippen molar-refractivity contribution < 1.29 is 9.59 Å². The molecule has 2 heterocycles. The molecule has 0 saturated heterocycles. The second-order valence-corrected chi connectivity index (χ2v) is 9.95. The Morgan fingerprint density at radius 2 is 1.92 bits per heavy atom. The number of carbonyl (C=O) groups excluding carboxylic acids is 2. The Hall–Kier alpha value is -3.36. The van der Waals surface area contributed by atoms with E-state index >= 15 is 0 Å². The van der Waals surface area contributed by atoms with Gasteiger partial charge in [0.2, 0.25) is 11.9 Å². The van der Waals surface area contributed by atoms with Gasteiger partial charge in [-0.1, -0.05) is 43.1 Å². The topological polar surface area (TPSA) is 99.3 Å². The molecule has 1 aliphatic rings. The monoisotopic (exact) mass is 526 g/mol. The van der Waals surface area contributed by atoms with Crippen LogP contribution in [0.15, 0.2) is 42.6 Å². The molecule has 10 heteroatoms. The van der Waals surface area contributed by atoms with E-state index in [0.717, 1.165) is 23.4 Å². The summed E-state index contributed by atoms with van der Waals surface area (Å²) in [6, 6.07) is 10.9. The first-order chi connectivity index (χ1) is 17.1. The van der Waals surface area contributed by atoms with Crippen LogP contribution in [-0.2, 0) is 10.2 Å². The summed E-state index contributed by atoms with van der Waals surface area (Å²) in [4.78, 5) is 35.6. The molecule has 0 radical (unpaired) electrons. The van der Waals surface area contributed by atoms with Gasteiger partial charge in [0.25, 0.3) is 5.91 Å². The number of anilines is 5. The molecule has 8 nitrogen and oxygen atoms in total. The first kappa shape index (κ1) is 25.7. The Morgan fingerprint density at radius 1 is 1.14 bits per heavy atom. The highest BCUT2D eigenvalue weighted by Crippen LogP contribution is 2.41. The number of para-hydroxylation sites is 1. The van der Waals surface area contributed by atoms with Crippen LogP contribution in [-0.4, -0.2) is 35.4 Å². The predicted molar refractivity (Wildman–Crippen MR) is 145 cm³/mol. The van der Waals surface area contributed by atoms with Crippen LogP contribution in [0.1, 0.15) is 49.5 Å². The Kier molecular flexibility index (Phi) is 7.38. The molecule has 188 valence electrons. The normalized spacial score (nSPS) is 14.6. The number of rotatable bonds is 6. The molecule has 1 aliphatic heterocycles. The molecule has 36 heavy (non-hydrogen) atoms. The molecule has 2 aromatic carbocycles. The predicted octanol–water partition coefficient (Wildman–Crippen LogP) is 6.05. The van der Waals surface area contributed by atoms with Crippen LogP contribution in [0.5, 0.6) is 0 Å². The summed E-state index contributed by atoms with van der Waals surface area (Å²) in [5.74, 6) is 0.448. The van der Waals surface area contributed by atoms with Gasteiger partial charge in [0, 0.05) is 31.4 Å². The highest BCUT2D eigenvalue weighted by atomic mass is 35.5. The van der Waals surface area contributed by atoms with E-state index in [4.69, 9.17) is 23.2 Å². The molecule has 0 spiro atoms. The van der Waals surface area contributed by atoms with E-state index in [1.807, 2.05) is 30.0 Å². The van der Waals surface area contributed by atoms with E-state index in [9.17, 15) is 9.59 Å². The van der Waals surface area contributed by atoms with Crippen LogP contribution >= 0.6 is 23.2 Å². The molecule has 0 bridgehead atoms.